The van der Waals surface area contributed by atoms with E-state index < -0.39 is 0 Å². The highest BCUT2D eigenvalue weighted by Crippen LogP contribution is 2.33. The second-order valence-electron chi connectivity index (χ2n) is 5.36. The second-order valence-corrected chi connectivity index (χ2v) is 5.36. The number of hydrogen-bond donors (Lipinski definition) is 1. The third kappa shape index (κ3) is 2.37. The number of nitrogens with two attached hydrogens (primary N) is 1. The fourth-order valence-electron chi connectivity index (χ4n) is 2.83. The largest absolute Gasteiger partial charge is 0.384 e. The molecule has 0 aliphatic rings. The predicted molar refractivity (Wildman–Crippen MR) is 81.3 cm³/mol. The molecule has 2 rings (SSSR count). The first kappa shape index (κ1) is 13.7. The van der Waals surface area contributed by atoms with Gasteiger partial charge in [0.25, 0.3) is 0 Å². The van der Waals surface area contributed by atoms with Crippen molar-refractivity contribution < 1.29 is 0 Å². The van der Waals surface area contributed by atoms with Gasteiger partial charge in [-0.25, -0.2) is 0 Å². The normalized spacial score (nSPS) is 11.0. The van der Waals surface area contributed by atoms with Crippen molar-refractivity contribution in [3.8, 4) is 11.3 Å². The van der Waals surface area contributed by atoms with Crippen molar-refractivity contribution in [2.45, 2.75) is 40.5 Å². The summed E-state index contributed by atoms with van der Waals surface area (Å²) in [6, 6.07) is 4.42. The summed E-state index contributed by atoms with van der Waals surface area (Å²) in [6.07, 6.45) is 2.05. The molecular weight excluding hydrogens is 234 g/mol. The Morgan fingerprint density at radius 3 is 2.26 bits per heavy atom. The molecule has 3 nitrogen and oxygen atoms in total. The molecule has 2 N–H and O–H groups in total. The maximum Gasteiger partial charge on any atom is 0.125 e. The Balaban J connectivity index is 2.69. The highest BCUT2D eigenvalue weighted by Gasteiger charge is 2.18. The Hall–Kier alpha value is -1.77. The van der Waals surface area contributed by atoms with E-state index in [9.17, 15) is 0 Å². The van der Waals surface area contributed by atoms with E-state index in [0.717, 1.165) is 24.4 Å². The van der Waals surface area contributed by atoms with Crippen molar-refractivity contribution in [3.05, 3.63) is 34.4 Å². The zero-order valence-electron chi connectivity index (χ0n) is 12.5. The minimum atomic E-state index is 0.788. The first-order chi connectivity index (χ1) is 8.95. The lowest BCUT2D eigenvalue weighted by Crippen LogP contribution is -1.99. The van der Waals surface area contributed by atoms with Crippen molar-refractivity contribution >= 4 is 5.82 Å². The van der Waals surface area contributed by atoms with Gasteiger partial charge in [-0.3, -0.25) is 4.68 Å². The second kappa shape index (κ2) is 5.08. The molecule has 0 bridgehead atoms. The molecule has 102 valence electrons. The number of anilines is 1. The Morgan fingerprint density at radius 1 is 1.16 bits per heavy atom. The molecule has 0 aliphatic carbocycles. The molecule has 1 aromatic carbocycles. The van der Waals surface area contributed by atoms with Crippen molar-refractivity contribution in [3.63, 3.8) is 0 Å². The maximum absolute atomic E-state index is 6.16. The predicted octanol–water partition coefficient (Wildman–Crippen LogP) is 3.55. The molecule has 0 unspecified atom stereocenters. The molecule has 0 radical (unpaired) electrons. The molecule has 0 saturated heterocycles. The number of benzene rings is 1. The number of aryl methyl sites for hydroxylation is 4. The number of hydrogen-bond acceptors (Lipinski definition) is 2. The summed E-state index contributed by atoms with van der Waals surface area (Å²) in [5.41, 5.74) is 13.5. The van der Waals surface area contributed by atoms with Crippen LogP contribution in [0.1, 0.15) is 35.6 Å². The summed E-state index contributed by atoms with van der Waals surface area (Å²) in [5, 5.41) is 4.64. The molecule has 1 heterocycles. The molecule has 0 aliphatic heterocycles. The number of nitrogens with zero attached hydrogens (tertiary/aromatic N) is 2. The van der Waals surface area contributed by atoms with E-state index in [1.54, 1.807) is 4.68 Å². The van der Waals surface area contributed by atoms with Gasteiger partial charge in [-0.05, 0) is 38.3 Å². The first-order valence-corrected chi connectivity index (χ1v) is 6.85. The molecule has 19 heavy (non-hydrogen) atoms. The molecule has 0 fully saturated rings. The molecule has 0 saturated carbocycles. The highest BCUT2D eigenvalue weighted by molar-refractivity contribution is 5.74. The van der Waals surface area contributed by atoms with Gasteiger partial charge in [0.15, 0.2) is 0 Å². The van der Waals surface area contributed by atoms with Gasteiger partial charge in [-0.1, -0.05) is 31.0 Å². The lowest BCUT2D eigenvalue weighted by atomic mass is 9.94. The van der Waals surface area contributed by atoms with Crippen LogP contribution in [0.25, 0.3) is 11.3 Å². The van der Waals surface area contributed by atoms with Crippen LogP contribution < -0.4 is 5.73 Å². The van der Waals surface area contributed by atoms with Gasteiger partial charge < -0.3 is 5.73 Å². The van der Waals surface area contributed by atoms with Crippen LogP contribution in [0.5, 0.6) is 0 Å². The summed E-state index contributed by atoms with van der Waals surface area (Å²) in [7, 11) is 1.91. The van der Waals surface area contributed by atoms with Gasteiger partial charge in [0, 0.05) is 18.2 Å². The van der Waals surface area contributed by atoms with E-state index in [2.05, 4.69) is 44.9 Å². The first-order valence-electron chi connectivity index (χ1n) is 6.85. The monoisotopic (exact) mass is 257 g/mol. The molecule has 3 heteroatoms. The zero-order valence-corrected chi connectivity index (χ0v) is 12.5. The Bertz CT molecular complexity index is 586. The molecule has 0 atom stereocenters. The highest BCUT2D eigenvalue weighted by atomic mass is 15.3. The van der Waals surface area contributed by atoms with E-state index in [1.165, 1.54) is 27.8 Å². The quantitative estimate of drug-likeness (QED) is 0.914. The van der Waals surface area contributed by atoms with Crippen LogP contribution in [-0.2, 0) is 13.5 Å². The van der Waals surface area contributed by atoms with Crippen molar-refractivity contribution in [2.24, 2.45) is 7.05 Å². The zero-order chi connectivity index (χ0) is 14.2. The van der Waals surface area contributed by atoms with Crippen molar-refractivity contribution in [2.75, 3.05) is 5.73 Å². The minimum Gasteiger partial charge on any atom is -0.384 e. The van der Waals surface area contributed by atoms with Crippen LogP contribution in [0, 0.1) is 20.8 Å². The number of nitrogen functional groups attached to an aromatic ring is 1. The topological polar surface area (TPSA) is 43.8 Å². The lowest BCUT2D eigenvalue weighted by Gasteiger charge is -2.11. The Morgan fingerprint density at radius 2 is 1.74 bits per heavy atom. The third-order valence-electron chi connectivity index (χ3n) is 3.61. The summed E-state index contributed by atoms with van der Waals surface area (Å²) in [4.78, 5) is 0. The third-order valence-corrected chi connectivity index (χ3v) is 3.61. The van der Waals surface area contributed by atoms with Gasteiger partial charge in [0.2, 0.25) is 0 Å². The van der Waals surface area contributed by atoms with Gasteiger partial charge in [-0.15, -0.1) is 0 Å². The van der Waals surface area contributed by atoms with E-state index in [-0.39, 0.29) is 0 Å². The van der Waals surface area contributed by atoms with Gasteiger partial charge in [0.05, 0.1) is 5.69 Å². The summed E-state index contributed by atoms with van der Waals surface area (Å²) in [5.74, 6) is 0.788. The Labute approximate surface area is 115 Å². The molecular formula is C16H23N3. The SMILES string of the molecule is CCCc1c(-c2c(C)cc(C)cc2C)nn(C)c1N. The fraction of sp³-hybridized carbons (Fsp3) is 0.438. The molecule has 0 amide bonds. The van der Waals surface area contributed by atoms with Crippen LogP contribution in [0.2, 0.25) is 0 Å². The smallest absolute Gasteiger partial charge is 0.125 e. The van der Waals surface area contributed by atoms with E-state index in [4.69, 9.17) is 5.73 Å². The van der Waals surface area contributed by atoms with E-state index in [1.807, 2.05) is 7.05 Å². The standard InChI is InChI=1S/C16H23N3/c1-6-7-13-15(18-19(5)16(13)17)14-11(3)8-10(2)9-12(14)4/h8-9H,6-7,17H2,1-5H3. The van der Waals surface area contributed by atoms with Gasteiger partial charge >= 0.3 is 0 Å². The van der Waals surface area contributed by atoms with Crippen LogP contribution in [0.4, 0.5) is 5.82 Å². The maximum atomic E-state index is 6.16. The van der Waals surface area contributed by atoms with Crippen molar-refractivity contribution in [1.29, 1.82) is 0 Å². The van der Waals surface area contributed by atoms with Crippen LogP contribution in [0.3, 0.4) is 0 Å². The molecule has 2 aromatic rings. The average molecular weight is 257 g/mol. The number of aromatic nitrogens is 2. The lowest BCUT2D eigenvalue weighted by molar-refractivity contribution is 0.781. The van der Waals surface area contributed by atoms with E-state index in [0.29, 0.717) is 0 Å². The molecule has 0 spiro atoms. The van der Waals surface area contributed by atoms with E-state index >= 15 is 0 Å². The summed E-state index contributed by atoms with van der Waals surface area (Å²) in [6.45, 7) is 8.60. The summed E-state index contributed by atoms with van der Waals surface area (Å²) >= 11 is 0. The van der Waals surface area contributed by atoms with Crippen molar-refractivity contribution in [1.82, 2.24) is 9.78 Å². The van der Waals surface area contributed by atoms with Crippen LogP contribution in [-0.4, -0.2) is 9.78 Å². The van der Waals surface area contributed by atoms with Crippen LogP contribution >= 0.6 is 0 Å². The molecule has 1 aromatic heterocycles. The minimum absolute atomic E-state index is 0.788. The van der Waals surface area contributed by atoms with Gasteiger partial charge in [0.1, 0.15) is 5.82 Å². The average Bonchev–Trinajstić information content (AvgIpc) is 2.57. The van der Waals surface area contributed by atoms with Gasteiger partial charge in [-0.2, -0.15) is 5.10 Å². The fourth-order valence-corrected chi connectivity index (χ4v) is 2.83. The summed E-state index contributed by atoms with van der Waals surface area (Å²) < 4.78 is 1.79. The van der Waals surface area contributed by atoms with Crippen LogP contribution in [0.15, 0.2) is 12.1 Å². The number of rotatable bonds is 3. The Kier molecular flexibility index (Phi) is 3.65.